The Morgan fingerprint density at radius 1 is 1.43 bits per heavy atom. The molecule has 0 unspecified atom stereocenters. The number of benzene rings is 1. The minimum absolute atomic E-state index is 0.00926. The summed E-state index contributed by atoms with van der Waals surface area (Å²) < 4.78 is 34.8. The first kappa shape index (κ1) is 11.8. The van der Waals surface area contributed by atoms with Crippen LogP contribution < -0.4 is 0 Å². The van der Waals surface area contributed by atoms with Crippen molar-refractivity contribution in [2.24, 2.45) is 0 Å². The van der Waals surface area contributed by atoms with Gasteiger partial charge in [-0.2, -0.15) is 0 Å². The van der Waals surface area contributed by atoms with Crippen LogP contribution >= 0.6 is 22.3 Å². The average Bonchev–Trinajstić information content (AvgIpc) is 1.96. The summed E-state index contributed by atoms with van der Waals surface area (Å²) >= 11 is 5.65. The molecule has 0 radical (unpaired) electrons. The van der Waals surface area contributed by atoms with E-state index in [0.29, 0.717) is 10.6 Å². The molecule has 1 rings (SSSR count). The fourth-order valence-corrected chi connectivity index (χ4v) is 2.32. The Morgan fingerprint density at radius 3 is 2.50 bits per heavy atom. The van der Waals surface area contributed by atoms with Crippen LogP contribution in [0.3, 0.4) is 0 Å². The Balaban J connectivity index is 3.22. The lowest BCUT2D eigenvalue weighted by Gasteiger charge is -2.04. The molecule has 1 aromatic rings. The summed E-state index contributed by atoms with van der Waals surface area (Å²) in [5.41, 5.74) is 0.290. The molecule has 0 aliphatic carbocycles. The minimum Gasteiger partial charge on any atom is -0.212 e. The third-order valence-corrected chi connectivity index (χ3v) is 2.82. The second-order valence-electron chi connectivity index (χ2n) is 2.88. The SMILES string of the molecule is Cc1cc(Cl)cc(CS(=O)(=O)Cl)c1F. The van der Waals surface area contributed by atoms with Crippen molar-refractivity contribution < 1.29 is 12.8 Å². The lowest BCUT2D eigenvalue weighted by molar-refractivity contribution is 0.593. The van der Waals surface area contributed by atoms with Crippen LogP contribution in [0.4, 0.5) is 4.39 Å². The molecule has 0 atom stereocenters. The summed E-state index contributed by atoms with van der Waals surface area (Å²) in [6.07, 6.45) is 0. The molecular weight excluding hydrogens is 250 g/mol. The maximum absolute atomic E-state index is 13.3. The van der Waals surface area contributed by atoms with Crippen molar-refractivity contribution in [1.29, 1.82) is 0 Å². The van der Waals surface area contributed by atoms with Crippen LogP contribution in [0.5, 0.6) is 0 Å². The Labute approximate surface area is 91.1 Å². The van der Waals surface area contributed by atoms with E-state index in [1.165, 1.54) is 19.1 Å². The van der Waals surface area contributed by atoms with E-state index in [1.54, 1.807) is 0 Å². The molecule has 0 spiro atoms. The van der Waals surface area contributed by atoms with Crippen molar-refractivity contribution in [3.63, 3.8) is 0 Å². The molecule has 1 aromatic carbocycles. The molecule has 0 aromatic heterocycles. The van der Waals surface area contributed by atoms with Gasteiger partial charge in [0, 0.05) is 21.3 Å². The molecule has 0 aliphatic heterocycles. The van der Waals surface area contributed by atoms with Crippen molar-refractivity contribution in [3.05, 3.63) is 34.1 Å². The van der Waals surface area contributed by atoms with Crippen molar-refractivity contribution in [1.82, 2.24) is 0 Å². The van der Waals surface area contributed by atoms with Gasteiger partial charge in [-0.1, -0.05) is 11.6 Å². The van der Waals surface area contributed by atoms with E-state index >= 15 is 0 Å². The molecule has 14 heavy (non-hydrogen) atoms. The van der Waals surface area contributed by atoms with Gasteiger partial charge in [-0.15, -0.1) is 0 Å². The number of hydrogen-bond acceptors (Lipinski definition) is 2. The zero-order valence-electron chi connectivity index (χ0n) is 7.22. The third kappa shape index (κ3) is 3.12. The maximum atomic E-state index is 13.3. The summed E-state index contributed by atoms with van der Waals surface area (Å²) in [5.74, 6) is -1.14. The van der Waals surface area contributed by atoms with E-state index in [4.69, 9.17) is 22.3 Å². The van der Waals surface area contributed by atoms with Crippen LogP contribution in [0.25, 0.3) is 0 Å². The molecule has 0 heterocycles. The lowest BCUT2D eigenvalue weighted by Crippen LogP contribution is -2.00. The maximum Gasteiger partial charge on any atom is 0.236 e. The molecule has 0 bridgehead atoms. The molecule has 6 heteroatoms. The molecule has 0 aliphatic rings. The Bertz CT molecular complexity index is 457. The van der Waals surface area contributed by atoms with Crippen molar-refractivity contribution in [2.75, 3.05) is 0 Å². The van der Waals surface area contributed by atoms with Crippen LogP contribution in [0.15, 0.2) is 12.1 Å². The van der Waals surface area contributed by atoms with Gasteiger partial charge in [0.15, 0.2) is 0 Å². The van der Waals surface area contributed by atoms with E-state index in [-0.39, 0.29) is 5.56 Å². The average molecular weight is 257 g/mol. The van der Waals surface area contributed by atoms with Crippen LogP contribution in [0.1, 0.15) is 11.1 Å². The first-order valence-electron chi connectivity index (χ1n) is 3.66. The first-order chi connectivity index (χ1) is 6.29. The Kier molecular flexibility index (Phi) is 3.40. The highest BCUT2D eigenvalue weighted by molar-refractivity contribution is 8.13. The second-order valence-corrected chi connectivity index (χ2v) is 6.09. The predicted octanol–water partition coefficient (Wildman–Crippen LogP) is 2.86. The normalized spacial score (nSPS) is 11.7. The highest BCUT2D eigenvalue weighted by Crippen LogP contribution is 2.21. The van der Waals surface area contributed by atoms with Gasteiger partial charge in [0.2, 0.25) is 9.05 Å². The topological polar surface area (TPSA) is 34.1 Å². The predicted molar refractivity (Wildman–Crippen MR) is 54.6 cm³/mol. The zero-order valence-corrected chi connectivity index (χ0v) is 9.55. The summed E-state index contributed by atoms with van der Waals surface area (Å²) in [6.45, 7) is 1.51. The second kappa shape index (κ2) is 4.04. The van der Waals surface area contributed by atoms with Crippen molar-refractivity contribution in [3.8, 4) is 0 Å². The van der Waals surface area contributed by atoms with Gasteiger partial charge in [-0.05, 0) is 24.6 Å². The number of aryl methyl sites for hydroxylation is 1. The molecule has 0 saturated heterocycles. The summed E-state index contributed by atoms with van der Waals surface area (Å²) in [4.78, 5) is 0. The van der Waals surface area contributed by atoms with Gasteiger partial charge in [0.05, 0.1) is 5.75 Å². The number of rotatable bonds is 2. The van der Waals surface area contributed by atoms with Gasteiger partial charge in [0.1, 0.15) is 5.82 Å². The monoisotopic (exact) mass is 256 g/mol. The van der Waals surface area contributed by atoms with Gasteiger partial charge in [-0.25, -0.2) is 12.8 Å². The van der Waals surface area contributed by atoms with Gasteiger partial charge in [-0.3, -0.25) is 0 Å². The summed E-state index contributed by atoms with van der Waals surface area (Å²) in [5, 5.41) is 0.291. The lowest BCUT2D eigenvalue weighted by atomic mass is 10.1. The smallest absolute Gasteiger partial charge is 0.212 e. The number of halogens is 3. The van der Waals surface area contributed by atoms with Gasteiger partial charge < -0.3 is 0 Å². The molecule has 0 amide bonds. The summed E-state index contributed by atoms with van der Waals surface area (Å²) in [7, 11) is 1.25. The quantitative estimate of drug-likeness (QED) is 0.763. The molecule has 0 fully saturated rings. The minimum atomic E-state index is -3.76. The zero-order chi connectivity index (χ0) is 10.9. The summed E-state index contributed by atoms with van der Waals surface area (Å²) in [6, 6.07) is 2.67. The number of hydrogen-bond donors (Lipinski definition) is 0. The van der Waals surface area contributed by atoms with Crippen molar-refractivity contribution >= 4 is 31.3 Å². The molecular formula is C8H7Cl2FO2S. The molecule has 2 nitrogen and oxygen atoms in total. The first-order valence-corrected chi connectivity index (χ1v) is 6.52. The van der Waals surface area contributed by atoms with Crippen molar-refractivity contribution in [2.45, 2.75) is 12.7 Å². The Hall–Kier alpha value is -0.320. The van der Waals surface area contributed by atoms with Gasteiger partial charge >= 0.3 is 0 Å². The molecule has 0 N–H and O–H groups in total. The molecule has 0 saturated carbocycles. The van der Waals surface area contributed by atoms with Crippen LogP contribution in [0, 0.1) is 12.7 Å². The van der Waals surface area contributed by atoms with Crippen LogP contribution in [-0.2, 0) is 14.8 Å². The van der Waals surface area contributed by atoms with Crippen LogP contribution in [-0.4, -0.2) is 8.42 Å². The van der Waals surface area contributed by atoms with Gasteiger partial charge in [0.25, 0.3) is 0 Å². The van der Waals surface area contributed by atoms with E-state index < -0.39 is 20.6 Å². The molecule has 78 valence electrons. The van der Waals surface area contributed by atoms with Crippen LogP contribution in [0.2, 0.25) is 5.02 Å². The third-order valence-electron chi connectivity index (χ3n) is 1.62. The van der Waals surface area contributed by atoms with E-state index in [9.17, 15) is 12.8 Å². The highest BCUT2D eigenvalue weighted by Gasteiger charge is 2.13. The largest absolute Gasteiger partial charge is 0.236 e. The highest BCUT2D eigenvalue weighted by atomic mass is 35.7. The van der Waals surface area contributed by atoms with E-state index in [2.05, 4.69) is 0 Å². The Morgan fingerprint density at radius 2 is 2.00 bits per heavy atom. The van der Waals surface area contributed by atoms with E-state index in [0.717, 1.165) is 0 Å². The standard InChI is InChI=1S/C8H7Cl2FO2S/c1-5-2-7(9)3-6(8(5)11)4-14(10,12)13/h2-3H,4H2,1H3. The van der Waals surface area contributed by atoms with E-state index in [1.807, 2.05) is 0 Å². The fourth-order valence-electron chi connectivity index (χ4n) is 1.09. The fraction of sp³-hybridized carbons (Fsp3) is 0.250.